The first-order valence-corrected chi connectivity index (χ1v) is 12.3. The van der Waals surface area contributed by atoms with Crippen LogP contribution in [-0.2, 0) is 11.3 Å². The quantitative estimate of drug-likeness (QED) is 0.389. The molecule has 178 valence electrons. The van der Waals surface area contributed by atoms with E-state index in [2.05, 4.69) is 48.7 Å². The zero-order valence-electron chi connectivity index (χ0n) is 20.1. The number of aromatic nitrogens is 2. The normalized spacial score (nSPS) is 17.5. The maximum absolute atomic E-state index is 13.1. The number of hydrogen-bond acceptors (Lipinski definition) is 4. The van der Waals surface area contributed by atoms with Gasteiger partial charge in [0.15, 0.2) is 11.5 Å². The van der Waals surface area contributed by atoms with Crippen LogP contribution in [0, 0.1) is 0 Å². The molecule has 1 fully saturated rings. The maximum Gasteiger partial charge on any atom is 0.227 e. The molecular formula is C29H29N3O3. The van der Waals surface area contributed by atoms with Gasteiger partial charge in [0.2, 0.25) is 5.91 Å². The van der Waals surface area contributed by atoms with E-state index in [4.69, 9.17) is 14.5 Å². The number of rotatable bonds is 5. The predicted molar refractivity (Wildman–Crippen MR) is 137 cm³/mol. The fourth-order valence-electron chi connectivity index (χ4n) is 5.09. The third-order valence-electron chi connectivity index (χ3n) is 7.00. The third kappa shape index (κ3) is 4.03. The lowest BCUT2D eigenvalue weighted by Crippen LogP contribution is -2.25. The zero-order chi connectivity index (χ0) is 23.9. The van der Waals surface area contributed by atoms with E-state index in [0.29, 0.717) is 37.8 Å². The summed E-state index contributed by atoms with van der Waals surface area (Å²) < 4.78 is 13.7. The second-order valence-corrected chi connectivity index (χ2v) is 9.67. The van der Waals surface area contributed by atoms with E-state index in [1.54, 1.807) is 0 Å². The Hall–Kier alpha value is -3.80. The summed E-state index contributed by atoms with van der Waals surface area (Å²) in [5, 5.41) is 0. The first-order chi connectivity index (χ1) is 17.1. The Labute approximate surface area is 205 Å². The van der Waals surface area contributed by atoms with Gasteiger partial charge in [0, 0.05) is 37.2 Å². The highest BCUT2D eigenvalue weighted by molar-refractivity contribution is 5.97. The van der Waals surface area contributed by atoms with Crippen molar-refractivity contribution in [3.8, 4) is 11.5 Å². The van der Waals surface area contributed by atoms with Gasteiger partial charge in [-0.25, -0.2) is 4.98 Å². The molecule has 0 bridgehead atoms. The summed E-state index contributed by atoms with van der Waals surface area (Å²) in [4.78, 5) is 20.0. The van der Waals surface area contributed by atoms with Gasteiger partial charge in [-0.15, -0.1) is 0 Å². The Morgan fingerprint density at radius 3 is 2.54 bits per heavy atom. The fraction of sp³-hybridized carbons (Fsp3) is 0.310. The molecule has 3 aromatic carbocycles. The van der Waals surface area contributed by atoms with Gasteiger partial charge in [-0.3, -0.25) is 4.79 Å². The second-order valence-electron chi connectivity index (χ2n) is 9.67. The minimum Gasteiger partial charge on any atom is -0.486 e. The molecule has 0 radical (unpaired) electrons. The monoisotopic (exact) mass is 467 g/mol. The lowest BCUT2D eigenvalue weighted by atomic mass is 10.0. The van der Waals surface area contributed by atoms with E-state index in [0.717, 1.165) is 34.8 Å². The number of nitrogens with zero attached hydrogens (tertiary/aromatic N) is 3. The van der Waals surface area contributed by atoms with Crippen molar-refractivity contribution in [2.24, 2.45) is 0 Å². The van der Waals surface area contributed by atoms with Crippen LogP contribution in [0.1, 0.15) is 49.1 Å². The van der Waals surface area contributed by atoms with Crippen LogP contribution in [-0.4, -0.2) is 35.2 Å². The molecule has 1 unspecified atom stereocenters. The Bertz CT molecular complexity index is 1390. The smallest absolute Gasteiger partial charge is 0.227 e. The minimum atomic E-state index is 0.0121. The zero-order valence-corrected chi connectivity index (χ0v) is 20.1. The predicted octanol–water partition coefficient (Wildman–Crippen LogP) is 5.50. The van der Waals surface area contributed by atoms with Gasteiger partial charge in [0.25, 0.3) is 0 Å². The fourth-order valence-corrected chi connectivity index (χ4v) is 5.09. The van der Waals surface area contributed by atoms with Gasteiger partial charge >= 0.3 is 0 Å². The summed E-state index contributed by atoms with van der Waals surface area (Å²) in [5.41, 5.74) is 5.47. The van der Waals surface area contributed by atoms with Crippen LogP contribution in [0.25, 0.3) is 11.0 Å². The summed E-state index contributed by atoms with van der Waals surface area (Å²) in [6, 6.07) is 22.8. The molecule has 6 nitrogen and oxygen atoms in total. The topological polar surface area (TPSA) is 56.6 Å². The van der Waals surface area contributed by atoms with Crippen LogP contribution in [0.4, 0.5) is 5.69 Å². The highest BCUT2D eigenvalue weighted by Crippen LogP contribution is 2.38. The molecule has 1 aromatic heterocycles. The van der Waals surface area contributed by atoms with Crippen LogP contribution < -0.4 is 14.4 Å². The summed E-state index contributed by atoms with van der Waals surface area (Å²) in [6.45, 7) is 6.81. The molecule has 0 saturated carbocycles. The van der Waals surface area contributed by atoms with Gasteiger partial charge in [-0.2, -0.15) is 0 Å². The average Bonchev–Trinajstić information content (AvgIpc) is 3.44. The van der Waals surface area contributed by atoms with E-state index in [1.165, 1.54) is 11.1 Å². The number of fused-ring (bicyclic) bond motifs is 2. The summed E-state index contributed by atoms with van der Waals surface area (Å²) in [7, 11) is 0. The van der Waals surface area contributed by atoms with E-state index in [-0.39, 0.29) is 11.8 Å². The lowest BCUT2D eigenvalue weighted by Gasteiger charge is -2.22. The number of amides is 1. The van der Waals surface area contributed by atoms with Gasteiger partial charge < -0.3 is 18.9 Å². The van der Waals surface area contributed by atoms with Crippen molar-refractivity contribution in [1.29, 1.82) is 0 Å². The van der Waals surface area contributed by atoms with Crippen molar-refractivity contribution in [1.82, 2.24) is 9.55 Å². The molecular weight excluding hydrogens is 438 g/mol. The second kappa shape index (κ2) is 8.77. The van der Waals surface area contributed by atoms with E-state index < -0.39 is 0 Å². The number of para-hydroxylation sites is 2. The number of anilines is 1. The SMILES string of the molecule is CC(C)c1ccc(Cn2c(C3CC(=O)N(c4ccc5c(c4)OCCO5)C3)nc3ccccc32)cc1. The number of hydrogen-bond donors (Lipinski definition) is 0. The Morgan fingerprint density at radius 1 is 0.971 bits per heavy atom. The summed E-state index contributed by atoms with van der Waals surface area (Å²) in [6.07, 6.45) is 0.435. The van der Waals surface area contributed by atoms with Crippen LogP contribution in [0.5, 0.6) is 11.5 Å². The van der Waals surface area contributed by atoms with Gasteiger partial charge in [-0.1, -0.05) is 50.2 Å². The highest BCUT2D eigenvalue weighted by Gasteiger charge is 2.35. The largest absolute Gasteiger partial charge is 0.486 e. The van der Waals surface area contributed by atoms with Crippen molar-refractivity contribution < 1.29 is 14.3 Å². The molecule has 2 aliphatic rings. The van der Waals surface area contributed by atoms with Gasteiger partial charge in [-0.05, 0) is 41.3 Å². The molecule has 1 atom stereocenters. The lowest BCUT2D eigenvalue weighted by molar-refractivity contribution is -0.117. The number of ether oxygens (including phenoxy) is 2. The Kier molecular flexibility index (Phi) is 5.44. The molecule has 6 rings (SSSR count). The molecule has 35 heavy (non-hydrogen) atoms. The summed E-state index contributed by atoms with van der Waals surface area (Å²) >= 11 is 0. The minimum absolute atomic E-state index is 0.0121. The van der Waals surface area contributed by atoms with E-state index in [9.17, 15) is 4.79 Å². The Balaban J connectivity index is 1.32. The van der Waals surface area contributed by atoms with Crippen molar-refractivity contribution in [3.63, 3.8) is 0 Å². The molecule has 6 heteroatoms. The van der Waals surface area contributed by atoms with Crippen LogP contribution in [0.15, 0.2) is 66.7 Å². The maximum atomic E-state index is 13.1. The number of carbonyl (C=O) groups excluding carboxylic acids is 1. The molecule has 3 heterocycles. The van der Waals surface area contributed by atoms with Crippen molar-refractivity contribution >= 4 is 22.6 Å². The number of benzene rings is 3. The van der Waals surface area contributed by atoms with E-state index >= 15 is 0 Å². The summed E-state index contributed by atoms with van der Waals surface area (Å²) in [5.74, 6) is 3.01. The molecule has 0 N–H and O–H groups in total. The molecule has 1 amide bonds. The van der Waals surface area contributed by atoms with Crippen molar-refractivity contribution in [2.75, 3.05) is 24.7 Å². The molecule has 0 spiro atoms. The van der Waals surface area contributed by atoms with Crippen molar-refractivity contribution in [3.05, 3.63) is 83.7 Å². The number of carbonyl (C=O) groups is 1. The molecule has 4 aromatic rings. The first kappa shape index (κ1) is 21.7. The standard InChI is InChI=1S/C29H29N3O3/c1-19(2)21-9-7-20(8-10-21)17-32-25-6-4-3-5-24(25)30-29(32)22-15-28(33)31(18-22)23-11-12-26-27(16-23)35-14-13-34-26/h3-12,16,19,22H,13-15,17-18H2,1-2H3. The van der Waals surface area contributed by atoms with Crippen LogP contribution in [0.2, 0.25) is 0 Å². The van der Waals surface area contributed by atoms with Crippen LogP contribution >= 0.6 is 0 Å². The van der Waals surface area contributed by atoms with Crippen LogP contribution in [0.3, 0.4) is 0 Å². The third-order valence-corrected chi connectivity index (χ3v) is 7.00. The highest BCUT2D eigenvalue weighted by atomic mass is 16.6. The van der Waals surface area contributed by atoms with Crippen molar-refractivity contribution in [2.45, 2.75) is 38.6 Å². The van der Waals surface area contributed by atoms with Gasteiger partial charge in [0.1, 0.15) is 19.0 Å². The number of imidazole rings is 1. The molecule has 1 saturated heterocycles. The molecule has 2 aliphatic heterocycles. The molecule has 0 aliphatic carbocycles. The average molecular weight is 468 g/mol. The Morgan fingerprint density at radius 2 is 1.74 bits per heavy atom. The van der Waals surface area contributed by atoms with E-state index in [1.807, 2.05) is 41.3 Å². The van der Waals surface area contributed by atoms with Gasteiger partial charge in [0.05, 0.1) is 11.0 Å². The first-order valence-electron chi connectivity index (χ1n) is 12.3.